The number of carbonyl (C=O) groups is 1. The molecule has 4 heterocycles. The minimum atomic E-state index is 0.0586. The zero-order valence-electron chi connectivity index (χ0n) is 14.4. The van der Waals surface area contributed by atoms with Crippen molar-refractivity contribution in [2.24, 2.45) is 0 Å². The zero-order valence-corrected chi connectivity index (χ0v) is 14.4. The van der Waals surface area contributed by atoms with E-state index in [2.05, 4.69) is 20.1 Å². The fourth-order valence-electron chi connectivity index (χ4n) is 3.24. The Hall–Kier alpha value is -3.55. The molecule has 1 fully saturated rings. The van der Waals surface area contributed by atoms with E-state index in [-0.39, 0.29) is 18.4 Å². The van der Waals surface area contributed by atoms with Gasteiger partial charge in [0.15, 0.2) is 0 Å². The lowest BCUT2D eigenvalue weighted by atomic mass is 10.00. The lowest BCUT2D eigenvalue weighted by molar-refractivity contribution is -0.136. The van der Waals surface area contributed by atoms with Gasteiger partial charge in [-0.1, -0.05) is 17.3 Å². The minimum Gasteiger partial charge on any atom is -0.339 e. The molecule has 1 aromatic carbocycles. The molecule has 5 rings (SSSR count). The highest BCUT2D eigenvalue weighted by Gasteiger charge is 2.35. The van der Waals surface area contributed by atoms with Gasteiger partial charge in [0.25, 0.3) is 0 Å². The monoisotopic (exact) mass is 360 g/mol. The van der Waals surface area contributed by atoms with Crippen LogP contribution in [0.2, 0.25) is 0 Å². The molecule has 0 bridgehead atoms. The number of para-hydroxylation sites is 2. The van der Waals surface area contributed by atoms with E-state index >= 15 is 0 Å². The molecular weight excluding hydrogens is 344 g/mol. The predicted molar refractivity (Wildman–Crippen MR) is 96.6 cm³/mol. The maximum Gasteiger partial charge on any atom is 0.242 e. The normalized spacial score (nSPS) is 14.4. The van der Waals surface area contributed by atoms with E-state index < -0.39 is 0 Å². The number of aromatic nitrogens is 5. The van der Waals surface area contributed by atoms with Crippen LogP contribution in [0, 0.1) is 0 Å². The average Bonchev–Trinajstić information content (AvgIpc) is 3.29. The SMILES string of the molecule is O=C(Cn1cnc2ccccc21)N1CC(c2nc(-c3ccncc3)no2)C1. The van der Waals surface area contributed by atoms with E-state index in [1.165, 1.54) is 0 Å². The fraction of sp³-hybridized carbons (Fsp3) is 0.211. The maximum absolute atomic E-state index is 12.5. The topological polar surface area (TPSA) is 89.9 Å². The molecule has 27 heavy (non-hydrogen) atoms. The van der Waals surface area contributed by atoms with Gasteiger partial charge in [0, 0.05) is 31.0 Å². The quantitative estimate of drug-likeness (QED) is 0.554. The Kier molecular flexibility index (Phi) is 3.67. The molecule has 1 aliphatic heterocycles. The summed E-state index contributed by atoms with van der Waals surface area (Å²) in [6.45, 7) is 1.45. The first-order valence-corrected chi connectivity index (χ1v) is 8.69. The van der Waals surface area contributed by atoms with Crippen LogP contribution >= 0.6 is 0 Å². The molecule has 0 radical (unpaired) electrons. The van der Waals surface area contributed by atoms with Crippen molar-refractivity contribution in [2.75, 3.05) is 13.1 Å². The van der Waals surface area contributed by atoms with Gasteiger partial charge in [-0.2, -0.15) is 4.98 Å². The smallest absolute Gasteiger partial charge is 0.242 e. The molecular formula is C19H16N6O2. The average molecular weight is 360 g/mol. The van der Waals surface area contributed by atoms with Crippen molar-refractivity contribution in [1.29, 1.82) is 0 Å². The molecule has 0 atom stereocenters. The lowest BCUT2D eigenvalue weighted by Gasteiger charge is -2.37. The van der Waals surface area contributed by atoms with Gasteiger partial charge in [-0.25, -0.2) is 4.98 Å². The summed E-state index contributed by atoms with van der Waals surface area (Å²) in [5.41, 5.74) is 2.71. The van der Waals surface area contributed by atoms with Gasteiger partial charge < -0.3 is 14.0 Å². The highest BCUT2D eigenvalue weighted by atomic mass is 16.5. The van der Waals surface area contributed by atoms with Crippen molar-refractivity contribution in [3.05, 3.63) is 61.0 Å². The molecule has 8 nitrogen and oxygen atoms in total. The molecule has 1 aliphatic rings. The van der Waals surface area contributed by atoms with E-state index in [0.29, 0.717) is 24.8 Å². The van der Waals surface area contributed by atoms with Crippen LogP contribution in [0.4, 0.5) is 0 Å². The summed E-state index contributed by atoms with van der Waals surface area (Å²) in [4.78, 5) is 27.1. The summed E-state index contributed by atoms with van der Waals surface area (Å²) in [7, 11) is 0. The van der Waals surface area contributed by atoms with Crippen molar-refractivity contribution in [2.45, 2.75) is 12.5 Å². The van der Waals surface area contributed by atoms with Gasteiger partial charge in [0.2, 0.25) is 17.6 Å². The fourth-order valence-corrected chi connectivity index (χ4v) is 3.24. The standard InChI is InChI=1S/C19H16N6O2/c26-17(11-25-12-21-15-3-1-2-4-16(15)25)24-9-14(10-24)19-22-18(23-27-19)13-5-7-20-8-6-13/h1-8,12,14H,9-11H2. The second-order valence-corrected chi connectivity index (χ2v) is 6.55. The number of rotatable bonds is 4. The number of pyridine rings is 1. The molecule has 0 spiro atoms. The van der Waals surface area contributed by atoms with Crippen LogP contribution < -0.4 is 0 Å². The van der Waals surface area contributed by atoms with Crippen LogP contribution in [-0.2, 0) is 11.3 Å². The zero-order chi connectivity index (χ0) is 18.2. The van der Waals surface area contributed by atoms with Crippen LogP contribution in [0.25, 0.3) is 22.4 Å². The van der Waals surface area contributed by atoms with Crippen LogP contribution in [0.1, 0.15) is 11.8 Å². The molecule has 0 unspecified atom stereocenters. The number of carbonyl (C=O) groups excluding carboxylic acids is 1. The molecule has 3 aromatic heterocycles. The first-order valence-electron chi connectivity index (χ1n) is 8.69. The first-order chi connectivity index (χ1) is 13.3. The molecule has 8 heteroatoms. The second-order valence-electron chi connectivity index (χ2n) is 6.55. The van der Waals surface area contributed by atoms with Crippen molar-refractivity contribution in [1.82, 2.24) is 29.6 Å². The molecule has 134 valence electrons. The summed E-state index contributed by atoms with van der Waals surface area (Å²) in [6, 6.07) is 11.5. The van der Waals surface area contributed by atoms with Crippen molar-refractivity contribution in [3.8, 4) is 11.4 Å². The first kappa shape index (κ1) is 15.7. The molecule has 0 aliphatic carbocycles. The molecule has 1 amide bonds. The van der Waals surface area contributed by atoms with Crippen LogP contribution in [-0.4, -0.2) is 48.6 Å². The summed E-state index contributed by atoms with van der Waals surface area (Å²) in [6.07, 6.45) is 5.09. The van der Waals surface area contributed by atoms with Gasteiger partial charge in [-0.05, 0) is 24.3 Å². The Labute approximate surface area is 154 Å². The number of fused-ring (bicyclic) bond motifs is 1. The summed E-state index contributed by atoms with van der Waals surface area (Å²) >= 11 is 0. The Morgan fingerprint density at radius 2 is 1.96 bits per heavy atom. The van der Waals surface area contributed by atoms with Crippen molar-refractivity contribution in [3.63, 3.8) is 0 Å². The maximum atomic E-state index is 12.5. The number of amides is 1. The van der Waals surface area contributed by atoms with Crippen LogP contribution in [0.3, 0.4) is 0 Å². The summed E-state index contributed by atoms with van der Waals surface area (Å²) < 4.78 is 7.25. The Bertz CT molecular complexity index is 1100. The predicted octanol–water partition coefficient (Wildman–Crippen LogP) is 2.11. The highest BCUT2D eigenvalue weighted by Crippen LogP contribution is 2.28. The lowest BCUT2D eigenvalue weighted by Crippen LogP contribution is -2.49. The van der Waals surface area contributed by atoms with E-state index in [1.807, 2.05) is 41.0 Å². The summed E-state index contributed by atoms with van der Waals surface area (Å²) in [5.74, 6) is 1.25. The van der Waals surface area contributed by atoms with E-state index in [1.54, 1.807) is 23.6 Å². The van der Waals surface area contributed by atoms with E-state index in [4.69, 9.17) is 4.52 Å². The van der Waals surface area contributed by atoms with E-state index in [9.17, 15) is 4.79 Å². The number of hydrogen-bond acceptors (Lipinski definition) is 6. The van der Waals surface area contributed by atoms with Gasteiger partial charge >= 0.3 is 0 Å². The molecule has 0 N–H and O–H groups in total. The van der Waals surface area contributed by atoms with Crippen LogP contribution in [0.15, 0.2) is 59.6 Å². The largest absolute Gasteiger partial charge is 0.339 e. The second kappa shape index (κ2) is 6.31. The van der Waals surface area contributed by atoms with Gasteiger partial charge in [0.1, 0.15) is 6.54 Å². The van der Waals surface area contributed by atoms with Gasteiger partial charge in [-0.3, -0.25) is 9.78 Å². The number of likely N-dealkylation sites (tertiary alicyclic amines) is 1. The number of benzene rings is 1. The van der Waals surface area contributed by atoms with E-state index in [0.717, 1.165) is 16.6 Å². The number of imidazole rings is 1. The molecule has 0 saturated carbocycles. The number of nitrogens with zero attached hydrogens (tertiary/aromatic N) is 6. The third kappa shape index (κ3) is 2.84. The highest BCUT2D eigenvalue weighted by molar-refractivity contribution is 5.81. The number of hydrogen-bond donors (Lipinski definition) is 0. The molecule has 4 aromatic rings. The van der Waals surface area contributed by atoms with Crippen LogP contribution in [0.5, 0.6) is 0 Å². The Balaban J connectivity index is 1.23. The third-order valence-corrected chi connectivity index (χ3v) is 4.80. The van der Waals surface area contributed by atoms with Gasteiger partial charge in [0.05, 0.1) is 23.3 Å². The molecule has 1 saturated heterocycles. The Morgan fingerprint density at radius 3 is 2.81 bits per heavy atom. The third-order valence-electron chi connectivity index (χ3n) is 4.80. The Morgan fingerprint density at radius 1 is 1.15 bits per heavy atom. The summed E-state index contributed by atoms with van der Waals surface area (Å²) in [5, 5.41) is 4.02. The van der Waals surface area contributed by atoms with Crippen molar-refractivity contribution < 1.29 is 9.32 Å². The minimum absolute atomic E-state index is 0.0586. The van der Waals surface area contributed by atoms with Gasteiger partial charge in [-0.15, -0.1) is 0 Å². The van der Waals surface area contributed by atoms with Crippen molar-refractivity contribution >= 4 is 16.9 Å².